The van der Waals surface area contributed by atoms with Gasteiger partial charge in [0, 0.05) is 5.38 Å². The second-order valence-electron chi connectivity index (χ2n) is 3.20. The van der Waals surface area contributed by atoms with Gasteiger partial charge < -0.3 is 6.16 Å². The molecule has 0 saturated carbocycles. The maximum absolute atomic E-state index is 11.4. The number of thiophene rings is 1. The molecular formula is C12H12NNaO2S. The van der Waals surface area contributed by atoms with Gasteiger partial charge in [-0.1, -0.05) is 30.3 Å². The molecule has 0 unspecified atom stereocenters. The number of benzene rings is 1. The quantitative estimate of drug-likeness (QED) is 0.818. The van der Waals surface area contributed by atoms with Crippen LogP contribution >= 0.6 is 11.3 Å². The molecule has 1 aromatic carbocycles. The second kappa shape index (κ2) is 7.50. The Morgan fingerprint density at radius 2 is 2.06 bits per heavy atom. The number of hydrogen-bond acceptors (Lipinski definition) is 3. The van der Waals surface area contributed by atoms with Crippen LogP contribution < -0.4 is 34.9 Å². The first kappa shape index (κ1) is 14.3. The summed E-state index contributed by atoms with van der Waals surface area (Å²) in [5, 5.41) is 6.39. The Morgan fingerprint density at radius 3 is 2.71 bits per heavy atom. The van der Waals surface area contributed by atoms with Gasteiger partial charge in [-0.2, -0.15) is 11.3 Å². The zero-order valence-corrected chi connectivity index (χ0v) is 12.4. The van der Waals surface area contributed by atoms with Crippen molar-refractivity contribution in [1.82, 2.24) is 0 Å². The first-order chi connectivity index (χ1) is 7.84. The van der Waals surface area contributed by atoms with E-state index in [1.54, 1.807) is 0 Å². The summed E-state index contributed by atoms with van der Waals surface area (Å²) in [4.78, 5) is 11.4. The van der Waals surface area contributed by atoms with Crippen LogP contribution in [0.2, 0.25) is 0 Å². The minimum Gasteiger partial charge on any atom is -1.00 e. The second-order valence-corrected chi connectivity index (χ2v) is 3.98. The molecule has 0 radical (unpaired) electrons. The summed E-state index contributed by atoms with van der Waals surface area (Å²) in [6, 6.07) is 11.4. The van der Waals surface area contributed by atoms with Gasteiger partial charge in [-0.3, -0.25) is 5.32 Å². The maximum atomic E-state index is 11.4. The molecule has 2 rings (SSSR count). The fourth-order valence-corrected chi connectivity index (χ4v) is 1.80. The predicted molar refractivity (Wildman–Crippen MR) is 65.7 cm³/mol. The van der Waals surface area contributed by atoms with E-state index in [9.17, 15) is 4.79 Å². The van der Waals surface area contributed by atoms with E-state index in [0.717, 1.165) is 11.3 Å². The predicted octanol–water partition coefficient (Wildman–Crippen LogP) is 0.613. The Hall–Kier alpha value is -0.810. The number of rotatable bonds is 3. The molecule has 3 nitrogen and oxygen atoms in total. The Balaban J connectivity index is 0.00000144. The third-order valence-corrected chi connectivity index (χ3v) is 2.66. The minimum absolute atomic E-state index is 0. The topological polar surface area (TPSA) is 38.3 Å². The molecule has 1 heterocycles. The molecule has 0 spiro atoms. The molecule has 1 aromatic heterocycles. The van der Waals surface area contributed by atoms with E-state index in [-0.39, 0.29) is 37.6 Å². The van der Waals surface area contributed by atoms with E-state index in [1.807, 2.05) is 47.2 Å². The number of carbonyl (C=O) groups excluding carboxylic acids is 1. The number of nitrogens with one attached hydrogen (secondary N) is 1. The van der Waals surface area contributed by atoms with E-state index < -0.39 is 6.09 Å². The van der Waals surface area contributed by atoms with Crippen LogP contribution in [0.25, 0.3) is 0 Å². The molecule has 5 heteroatoms. The Bertz CT molecular complexity index is 450. The zero-order chi connectivity index (χ0) is 11.2. The molecule has 0 fully saturated rings. The number of hydrogen-bond donors (Lipinski definition) is 1. The van der Waals surface area contributed by atoms with Crippen molar-refractivity contribution in [2.75, 3.05) is 5.32 Å². The van der Waals surface area contributed by atoms with Crippen LogP contribution in [0, 0.1) is 0 Å². The van der Waals surface area contributed by atoms with E-state index in [1.165, 1.54) is 11.3 Å². The molecule has 0 aliphatic rings. The van der Waals surface area contributed by atoms with Crippen molar-refractivity contribution in [3.8, 4) is 0 Å². The van der Waals surface area contributed by atoms with Crippen molar-refractivity contribution < 1.29 is 40.5 Å². The number of anilines is 1. The molecule has 0 aliphatic carbocycles. The number of amides is 1. The molecule has 84 valence electrons. The van der Waals surface area contributed by atoms with Gasteiger partial charge in [0.25, 0.3) is 0 Å². The van der Waals surface area contributed by atoms with Gasteiger partial charge in [-0.25, -0.2) is 4.79 Å². The van der Waals surface area contributed by atoms with Crippen LogP contribution in [-0.4, -0.2) is 6.09 Å². The van der Waals surface area contributed by atoms with Gasteiger partial charge in [-0.15, -0.1) is 0 Å². The van der Waals surface area contributed by atoms with E-state index in [0.29, 0.717) is 0 Å². The fourth-order valence-electron chi connectivity index (χ4n) is 1.21. The van der Waals surface area contributed by atoms with Crippen molar-refractivity contribution in [2.45, 2.75) is 6.61 Å². The largest absolute Gasteiger partial charge is 1.00 e. The van der Waals surface area contributed by atoms with Crippen molar-refractivity contribution in [3.63, 3.8) is 0 Å². The third kappa shape index (κ3) is 4.91. The molecule has 0 saturated heterocycles. The van der Waals surface area contributed by atoms with Crippen LogP contribution in [0.15, 0.2) is 47.2 Å². The molecule has 2 aromatic rings. The fraction of sp³-hybridized carbons (Fsp3) is 0.0833. The molecule has 0 bridgehead atoms. The Kier molecular flexibility index (Phi) is 6.29. The summed E-state index contributed by atoms with van der Waals surface area (Å²) in [5.41, 5.74) is 1.74. The van der Waals surface area contributed by atoms with Gasteiger partial charge in [0.15, 0.2) is 0 Å². The van der Waals surface area contributed by atoms with Crippen LogP contribution in [0.5, 0.6) is 0 Å². The minimum atomic E-state index is -0.428. The average Bonchev–Trinajstić information content (AvgIpc) is 2.81. The first-order valence-electron chi connectivity index (χ1n) is 4.84. The van der Waals surface area contributed by atoms with E-state index in [2.05, 4.69) is 5.32 Å². The third-order valence-electron chi connectivity index (χ3n) is 1.98. The molecular weight excluding hydrogens is 245 g/mol. The summed E-state index contributed by atoms with van der Waals surface area (Å²) in [5.74, 6) is 0. The SMILES string of the molecule is O=C(Nc1ccsc1)OCc1ccccc1.[H-].[Na+]. The van der Waals surface area contributed by atoms with Crippen LogP contribution in [-0.2, 0) is 11.3 Å². The molecule has 0 atom stereocenters. The summed E-state index contributed by atoms with van der Waals surface area (Å²) in [7, 11) is 0. The normalized spacial score (nSPS) is 9.18. The summed E-state index contributed by atoms with van der Waals surface area (Å²) in [6.45, 7) is 0.289. The number of ether oxygens (including phenoxy) is 1. The molecule has 17 heavy (non-hydrogen) atoms. The standard InChI is InChI=1S/C12H11NO2S.Na.H/c14-12(13-11-6-7-16-9-11)15-8-10-4-2-1-3-5-10;;/h1-7,9H,8H2,(H,13,14);;/q;+1;-1. The monoisotopic (exact) mass is 257 g/mol. The maximum Gasteiger partial charge on any atom is 1.00 e. The summed E-state index contributed by atoms with van der Waals surface area (Å²) in [6.07, 6.45) is -0.428. The summed E-state index contributed by atoms with van der Waals surface area (Å²) < 4.78 is 5.06. The Morgan fingerprint density at radius 1 is 1.29 bits per heavy atom. The van der Waals surface area contributed by atoms with Crippen LogP contribution in [0.3, 0.4) is 0 Å². The molecule has 1 N–H and O–H groups in total. The van der Waals surface area contributed by atoms with Crippen LogP contribution in [0.1, 0.15) is 6.99 Å². The summed E-state index contributed by atoms with van der Waals surface area (Å²) >= 11 is 1.53. The zero-order valence-electron chi connectivity index (χ0n) is 10.6. The Labute approximate surface area is 128 Å². The van der Waals surface area contributed by atoms with E-state index in [4.69, 9.17) is 4.74 Å². The van der Waals surface area contributed by atoms with Crippen molar-refractivity contribution in [3.05, 3.63) is 52.7 Å². The van der Waals surface area contributed by atoms with Gasteiger partial charge in [-0.05, 0) is 17.0 Å². The smallest absolute Gasteiger partial charge is 1.00 e. The van der Waals surface area contributed by atoms with Crippen molar-refractivity contribution in [2.24, 2.45) is 0 Å². The van der Waals surface area contributed by atoms with Crippen molar-refractivity contribution in [1.29, 1.82) is 0 Å². The van der Waals surface area contributed by atoms with Gasteiger partial charge >= 0.3 is 35.7 Å². The average molecular weight is 257 g/mol. The van der Waals surface area contributed by atoms with Crippen molar-refractivity contribution >= 4 is 23.1 Å². The van der Waals surface area contributed by atoms with Gasteiger partial charge in [0.05, 0.1) is 5.69 Å². The first-order valence-corrected chi connectivity index (χ1v) is 5.79. The molecule has 1 amide bonds. The van der Waals surface area contributed by atoms with Gasteiger partial charge in [0.2, 0.25) is 0 Å². The van der Waals surface area contributed by atoms with Crippen LogP contribution in [0.4, 0.5) is 10.5 Å². The molecule has 0 aliphatic heterocycles. The van der Waals surface area contributed by atoms with E-state index >= 15 is 0 Å². The van der Waals surface area contributed by atoms with Gasteiger partial charge in [0.1, 0.15) is 6.61 Å². The number of carbonyl (C=O) groups is 1.